The highest BCUT2D eigenvalue weighted by Crippen LogP contribution is 2.30. The van der Waals surface area contributed by atoms with Crippen LogP contribution < -0.4 is 10.6 Å². The van der Waals surface area contributed by atoms with E-state index < -0.39 is 17.5 Å². The topological polar surface area (TPSA) is 29.3 Å². The average molecular weight is 244 g/mol. The van der Waals surface area contributed by atoms with Crippen molar-refractivity contribution in [2.24, 2.45) is 5.73 Å². The molecule has 1 aliphatic heterocycles. The molecule has 5 heteroatoms. The lowest BCUT2D eigenvalue weighted by Crippen LogP contribution is -2.46. The fourth-order valence-electron chi connectivity index (χ4n) is 2.35. The zero-order valence-corrected chi connectivity index (χ0v) is 9.59. The minimum Gasteiger partial charge on any atom is -0.364 e. The molecule has 0 radical (unpaired) electrons. The molecule has 1 heterocycles. The van der Waals surface area contributed by atoms with Crippen LogP contribution in [0, 0.1) is 17.5 Å². The Morgan fingerprint density at radius 1 is 1.24 bits per heavy atom. The first-order chi connectivity index (χ1) is 7.99. The molecule has 1 aromatic rings. The second kappa shape index (κ2) is 4.56. The van der Waals surface area contributed by atoms with Crippen molar-refractivity contribution in [3.63, 3.8) is 0 Å². The number of anilines is 1. The van der Waals surface area contributed by atoms with Crippen LogP contribution in [0.2, 0.25) is 0 Å². The Bertz CT molecular complexity index is 399. The van der Waals surface area contributed by atoms with E-state index in [1.165, 1.54) is 0 Å². The molecule has 2 nitrogen and oxygen atoms in total. The van der Waals surface area contributed by atoms with Gasteiger partial charge in [0, 0.05) is 30.8 Å². The number of nitrogens with zero attached hydrogens (tertiary/aromatic N) is 1. The van der Waals surface area contributed by atoms with E-state index in [-0.39, 0.29) is 17.8 Å². The molecule has 2 N–H and O–H groups in total. The molecule has 2 atom stereocenters. The number of rotatable bonds is 1. The summed E-state index contributed by atoms with van der Waals surface area (Å²) in [6.07, 6.45) is 1.36. The molecule has 0 spiro atoms. The summed E-state index contributed by atoms with van der Waals surface area (Å²) >= 11 is 0. The maximum atomic E-state index is 13.6. The van der Waals surface area contributed by atoms with Gasteiger partial charge in [-0.1, -0.05) is 0 Å². The molecule has 0 bridgehead atoms. The van der Waals surface area contributed by atoms with E-state index in [0.717, 1.165) is 0 Å². The summed E-state index contributed by atoms with van der Waals surface area (Å²) < 4.78 is 40.0. The van der Waals surface area contributed by atoms with Crippen LogP contribution >= 0.6 is 0 Å². The summed E-state index contributed by atoms with van der Waals surface area (Å²) in [6.45, 7) is 2.35. The Morgan fingerprint density at radius 3 is 2.35 bits per heavy atom. The van der Waals surface area contributed by atoms with Crippen molar-refractivity contribution in [3.05, 3.63) is 29.6 Å². The second-order valence-corrected chi connectivity index (χ2v) is 4.54. The Labute approximate surface area is 98.2 Å². The summed E-state index contributed by atoms with van der Waals surface area (Å²) in [4.78, 5) is 1.62. The number of hydrogen-bond donors (Lipinski definition) is 1. The molecular formula is C12H15F3N2. The van der Waals surface area contributed by atoms with Gasteiger partial charge in [-0.15, -0.1) is 0 Å². The van der Waals surface area contributed by atoms with E-state index in [4.69, 9.17) is 5.73 Å². The average Bonchev–Trinajstić information content (AvgIpc) is 2.19. The third-order valence-corrected chi connectivity index (χ3v) is 3.19. The van der Waals surface area contributed by atoms with Crippen molar-refractivity contribution >= 4 is 5.69 Å². The van der Waals surface area contributed by atoms with Crippen LogP contribution in [0.1, 0.15) is 19.8 Å². The fourth-order valence-corrected chi connectivity index (χ4v) is 2.35. The van der Waals surface area contributed by atoms with E-state index in [1.54, 1.807) is 4.90 Å². The summed E-state index contributed by atoms with van der Waals surface area (Å²) in [5, 5.41) is 0. The highest BCUT2D eigenvalue weighted by molar-refractivity contribution is 5.50. The van der Waals surface area contributed by atoms with Crippen molar-refractivity contribution in [1.29, 1.82) is 0 Å². The molecule has 17 heavy (non-hydrogen) atoms. The van der Waals surface area contributed by atoms with Crippen LogP contribution in [-0.4, -0.2) is 18.6 Å². The van der Waals surface area contributed by atoms with Gasteiger partial charge in [0.1, 0.15) is 11.5 Å². The molecule has 2 unspecified atom stereocenters. The minimum absolute atomic E-state index is 0.0480. The summed E-state index contributed by atoms with van der Waals surface area (Å²) in [5.41, 5.74) is 5.64. The fraction of sp³-hybridized carbons (Fsp3) is 0.500. The molecule has 2 rings (SSSR count). The van der Waals surface area contributed by atoms with E-state index >= 15 is 0 Å². The van der Waals surface area contributed by atoms with Gasteiger partial charge in [-0.05, 0) is 19.8 Å². The largest absolute Gasteiger partial charge is 0.364 e. The van der Waals surface area contributed by atoms with Gasteiger partial charge in [-0.2, -0.15) is 0 Å². The maximum absolute atomic E-state index is 13.6. The van der Waals surface area contributed by atoms with Gasteiger partial charge in [0.2, 0.25) is 0 Å². The number of hydrogen-bond acceptors (Lipinski definition) is 2. The lowest BCUT2D eigenvalue weighted by molar-refractivity contribution is 0.417. The molecular weight excluding hydrogens is 229 g/mol. The van der Waals surface area contributed by atoms with E-state index in [1.807, 2.05) is 6.92 Å². The monoisotopic (exact) mass is 244 g/mol. The van der Waals surface area contributed by atoms with Crippen LogP contribution in [0.15, 0.2) is 12.1 Å². The Kier molecular flexibility index (Phi) is 3.28. The Hall–Kier alpha value is -1.23. The van der Waals surface area contributed by atoms with Gasteiger partial charge in [0.15, 0.2) is 11.6 Å². The molecule has 0 saturated carbocycles. The Morgan fingerprint density at radius 2 is 1.82 bits per heavy atom. The van der Waals surface area contributed by atoms with E-state index in [2.05, 4.69) is 0 Å². The number of nitrogens with two attached hydrogens (primary N) is 1. The predicted molar refractivity (Wildman–Crippen MR) is 60.3 cm³/mol. The molecule has 1 aromatic carbocycles. The molecule has 94 valence electrons. The summed E-state index contributed by atoms with van der Waals surface area (Å²) in [6, 6.07) is 1.43. The van der Waals surface area contributed by atoms with Gasteiger partial charge < -0.3 is 10.6 Å². The highest BCUT2D eigenvalue weighted by atomic mass is 19.1. The first kappa shape index (κ1) is 12.2. The van der Waals surface area contributed by atoms with Crippen molar-refractivity contribution in [2.45, 2.75) is 31.8 Å². The van der Waals surface area contributed by atoms with Crippen molar-refractivity contribution in [2.75, 3.05) is 11.4 Å². The van der Waals surface area contributed by atoms with Crippen molar-refractivity contribution in [3.8, 4) is 0 Å². The maximum Gasteiger partial charge on any atom is 0.152 e. The van der Waals surface area contributed by atoms with E-state index in [0.29, 0.717) is 31.5 Å². The number of halogens is 3. The third-order valence-electron chi connectivity index (χ3n) is 3.19. The smallest absolute Gasteiger partial charge is 0.152 e. The molecule has 1 saturated heterocycles. The first-order valence-corrected chi connectivity index (χ1v) is 5.66. The standard InChI is InChI=1S/C12H15F3N2/c1-7-4-9(16)2-3-17(7)12-10(14)5-8(13)6-11(12)15/h5-7,9H,2-4,16H2,1H3. The van der Waals surface area contributed by atoms with Gasteiger partial charge in [0.05, 0.1) is 0 Å². The summed E-state index contributed by atoms with van der Waals surface area (Å²) in [5.74, 6) is -2.61. The highest BCUT2D eigenvalue weighted by Gasteiger charge is 2.27. The van der Waals surface area contributed by atoms with Crippen molar-refractivity contribution < 1.29 is 13.2 Å². The molecule has 0 aliphatic carbocycles. The van der Waals surface area contributed by atoms with Crippen LogP contribution in [0.25, 0.3) is 0 Å². The quantitative estimate of drug-likeness (QED) is 0.822. The molecule has 1 fully saturated rings. The SMILES string of the molecule is CC1CC(N)CCN1c1c(F)cc(F)cc1F. The van der Waals surface area contributed by atoms with Crippen LogP contribution in [0.5, 0.6) is 0 Å². The lowest BCUT2D eigenvalue weighted by Gasteiger charge is -2.38. The van der Waals surface area contributed by atoms with Gasteiger partial charge in [0.25, 0.3) is 0 Å². The van der Waals surface area contributed by atoms with Gasteiger partial charge in [-0.3, -0.25) is 0 Å². The Balaban J connectivity index is 2.34. The zero-order chi connectivity index (χ0) is 12.6. The van der Waals surface area contributed by atoms with Crippen LogP contribution in [-0.2, 0) is 0 Å². The number of benzene rings is 1. The van der Waals surface area contributed by atoms with Crippen molar-refractivity contribution in [1.82, 2.24) is 0 Å². The van der Waals surface area contributed by atoms with Gasteiger partial charge in [-0.25, -0.2) is 13.2 Å². The molecule has 1 aliphatic rings. The number of piperidine rings is 1. The van der Waals surface area contributed by atoms with E-state index in [9.17, 15) is 13.2 Å². The molecule has 0 aromatic heterocycles. The normalized spacial score (nSPS) is 25.1. The first-order valence-electron chi connectivity index (χ1n) is 5.66. The zero-order valence-electron chi connectivity index (χ0n) is 9.59. The minimum atomic E-state index is -0.898. The second-order valence-electron chi connectivity index (χ2n) is 4.54. The van der Waals surface area contributed by atoms with Gasteiger partial charge >= 0.3 is 0 Å². The van der Waals surface area contributed by atoms with Crippen LogP contribution in [0.4, 0.5) is 18.9 Å². The third kappa shape index (κ3) is 2.39. The van der Waals surface area contributed by atoms with Crippen LogP contribution in [0.3, 0.4) is 0 Å². The summed E-state index contributed by atoms with van der Waals surface area (Å²) in [7, 11) is 0. The molecule has 0 amide bonds. The lowest BCUT2D eigenvalue weighted by atomic mass is 9.98. The predicted octanol–water partition coefficient (Wildman–Crippen LogP) is 2.42.